The highest BCUT2D eigenvalue weighted by molar-refractivity contribution is 5.38. The summed E-state index contributed by atoms with van der Waals surface area (Å²) in [6.07, 6.45) is 4.34. The van der Waals surface area contributed by atoms with Crippen LogP contribution in [0.4, 0.5) is 5.82 Å². The fourth-order valence-electron chi connectivity index (χ4n) is 3.08. The molecule has 0 amide bonds. The van der Waals surface area contributed by atoms with E-state index in [4.69, 9.17) is 0 Å². The molecule has 4 heteroatoms. The lowest BCUT2D eigenvalue weighted by molar-refractivity contribution is 0.245. The second-order valence-corrected chi connectivity index (χ2v) is 5.62. The summed E-state index contributed by atoms with van der Waals surface area (Å²) in [6, 6.07) is 11.0. The van der Waals surface area contributed by atoms with Crippen LogP contribution < -0.4 is 5.32 Å². The van der Waals surface area contributed by atoms with Gasteiger partial charge in [0.2, 0.25) is 0 Å². The summed E-state index contributed by atoms with van der Waals surface area (Å²) in [6.45, 7) is 4.11. The maximum Gasteiger partial charge on any atom is 0.125 e. The van der Waals surface area contributed by atoms with Crippen molar-refractivity contribution in [2.75, 3.05) is 18.9 Å². The van der Waals surface area contributed by atoms with E-state index >= 15 is 0 Å². The highest BCUT2D eigenvalue weighted by atomic mass is 15.2. The molecule has 4 nitrogen and oxygen atoms in total. The third kappa shape index (κ3) is 3.22. The lowest BCUT2D eigenvalue weighted by Crippen LogP contribution is -2.23. The van der Waals surface area contributed by atoms with Crippen LogP contribution in [0.1, 0.15) is 35.8 Å². The van der Waals surface area contributed by atoms with Crippen molar-refractivity contribution in [1.82, 2.24) is 14.9 Å². The van der Waals surface area contributed by atoms with E-state index in [2.05, 4.69) is 44.5 Å². The molecule has 0 aliphatic carbocycles. The van der Waals surface area contributed by atoms with E-state index in [9.17, 15) is 0 Å². The lowest BCUT2D eigenvalue weighted by Gasteiger charge is -2.24. The summed E-state index contributed by atoms with van der Waals surface area (Å²) in [4.78, 5) is 11.5. The van der Waals surface area contributed by atoms with Crippen LogP contribution in [0, 0.1) is 6.92 Å². The summed E-state index contributed by atoms with van der Waals surface area (Å²) >= 11 is 0. The number of anilines is 1. The average molecular weight is 282 g/mol. The quantitative estimate of drug-likeness (QED) is 0.935. The number of pyridine rings is 2. The van der Waals surface area contributed by atoms with Crippen LogP contribution in [0.15, 0.2) is 36.5 Å². The smallest absolute Gasteiger partial charge is 0.125 e. The summed E-state index contributed by atoms with van der Waals surface area (Å²) < 4.78 is 0. The molecule has 0 unspecified atom stereocenters. The van der Waals surface area contributed by atoms with Gasteiger partial charge in [-0.1, -0.05) is 6.07 Å². The fraction of sp³-hybridized carbons (Fsp3) is 0.412. The minimum absolute atomic E-state index is 0.474. The molecule has 1 fully saturated rings. The van der Waals surface area contributed by atoms with Gasteiger partial charge in [-0.15, -0.1) is 0 Å². The lowest BCUT2D eigenvalue weighted by atomic mass is 10.1. The van der Waals surface area contributed by atoms with Crippen molar-refractivity contribution in [3.8, 4) is 0 Å². The number of nitrogens with zero attached hydrogens (tertiary/aromatic N) is 3. The Balaban J connectivity index is 1.78. The largest absolute Gasteiger partial charge is 0.373 e. The van der Waals surface area contributed by atoms with Crippen LogP contribution in [0.5, 0.6) is 0 Å². The molecule has 0 aromatic carbocycles. The molecular weight excluding hydrogens is 260 g/mol. The van der Waals surface area contributed by atoms with Gasteiger partial charge in [0.1, 0.15) is 5.82 Å². The zero-order chi connectivity index (χ0) is 14.7. The second kappa shape index (κ2) is 6.22. The summed E-state index contributed by atoms with van der Waals surface area (Å²) in [5.41, 5.74) is 3.59. The van der Waals surface area contributed by atoms with E-state index in [-0.39, 0.29) is 0 Å². The van der Waals surface area contributed by atoms with Crippen LogP contribution in [0.25, 0.3) is 0 Å². The monoisotopic (exact) mass is 282 g/mol. The van der Waals surface area contributed by atoms with Gasteiger partial charge >= 0.3 is 0 Å². The molecular formula is C17H22N4. The zero-order valence-corrected chi connectivity index (χ0v) is 12.7. The normalized spacial score (nSPS) is 18.9. The predicted molar refractivity (Wildman–Crippen MR) is 85.1 cm³/mol. The van der Waals surface area contributed by atoms with Crippen LogP contribution in [-0.4, -0.2) is 28.5 Å². The minimum Gasteiger partial charge on any atom is -0.373 e. The maximum atomic E-state index is 4.63. The number of aromatic nitrogens is 2. The zero-order valence-electron chi connectivity index (χ0n) is 12.7. The summed E-state index contributed by atoms with van der Waals surface area (Å²) in [5, 5.41) is 3.12. The maximum absolute atomic E-state index is 4.63. The van der Waals surface area contributed by atoms with E-state index < -0.39 is 0 Å². The topological polar surface area (TPSA) is 41.0 Å². The second-order valence-electron chi connectivity index (χ2n) is 5.62. The molecule has 3 rings (SSSR count). The van der Waals surface area contributed by atoms with Crippen molar-refractivity contribution < 1.29 is 0 Å². The molecule has 0 radical (unpaired) electrons. The van der Waals surface area contributed by atoms with Gasteiger partial charge in [-0.05, 0) is 56.1 Å². The Morgan fingerprint density at radius 1 is 1.33 bits per heavy atom. The number of nitrogens with one attached hydrogen (secondary N) is 1. The van der Waals surface area contributed by atoms with Crippen LogP contribution >= 0.6 is 0 Å². The number of hydrogen-bond acceptors (Lipinski definition) is 4. The van der Waals surface area contributed by atoms with E-state index in [0.29, 0.717) is 6.04 Å². The first kappa shape index (κ1) is 14.0. The third-order valence-electron chi connectivity index (χ3n) is 4.10. The highest BCUT2D eigenvalue weighted by Gasteiger charge is 2.26. The predicted octanol–water partition coefficient (Wildman–Crippen LogP) is 3.16. The third-order valence-corrected chi connectivity index (χ3v) is 4.10. The van der Waals surface area contributed by atoms with Crippen molar-refractivity contribution in [1.29, 1.82) is 0 Å². The number of hydrogen-bond donors (Lipinski definition) is 1. The van der Waals surface area contributed by atoms with Crippen molar-refractivity contribution in [2.24, 2.45) is 0 Å². The molecule has 1 atom stereocenters. The van der Waals surface area contributed by atoms with E-state index in [0.717, 1.165) is 30.3 Å². The van der Waals surface area contributed by atoms with Gasteiger partial charge in [0.05, 0.1) is 5.69 Å². The van der Waals surface area contributed by atoms with Gasteiger partial charge in [0.25, 0.3) is 0 Å². The Hall–Kier alpha value is -1.94. The molecule has 3 heterocycles. The molecule has 21 heavy (non-hydrogen) atoms. The summed E-state index contributed by atoms with van der Waals surface area (Å²) in [5.74, 6) is 0.938. The Labute approximate surface area is 126 Å². The molecule has 1 aliphatic rings. The Bertz CT molecular complexity index is 611. The molecule has 1 saturated heterocycles. The molecule has 2 aromatic heterocycles. The Kier molecular flexibility index (Phi) is 4.15. The van der Waals surface area contributed by atoms with Gasteiger partial charge in [-0.3, -0.25) is 9.88 Å². The van der Waals surface area contributed by atoms with Crippen molar-refractivity contribution >= 4 is 5.82 Å². The first-order valence-corrected chi connectivity index (χ1v) is 7.56. The molecule has 1 aliphatic heterocycles. The van der Waals surface area contributed by atoms with Crippen LogP contribution in [0.2, 0.25) is 0 Å². The van der Waals surface area contributed by atoms with Gasteiger partial charge in [-0.2, -0.15) is 0 Å². The van der Waals surface area contributed by atoms with Crippen molar-refractivity contribution in [2.45, 2.75) is 32.4 Å². The molecule has 0 spiro atoms. The fourth-order valence-corrected chi connectivity index (χ4v) is 3.08. The standard InChI is InChI=1S/C17H22N4/c1-13-5-3-6-15(20-13)12-21-10-4-7-16(21)14-8-9-19-17(11-14)18-2/h3,5-6,8-9,11,16H,4,7,10,12H2,1-2H3,(H,18,19)/t16-/m1/s1. The van der Waals surface area contributed by atoms with Crippen molar-refractivity contribution in [3.63, 3.8) is 0 Å². The van der Waals surface area contributed by atoms with E-state index in [1.54, 1.807) is 0 Å². The van der Waals surface area contributed by atoms with Crippen LogP contribution in [-0.2, 0) is 6.54 Å². The highest BCUT2D eigenvalue weighted by Crippen LogP contribution is 2.33. The van der Waals surface area contributed by atoms with E-state index in [1.807, 2.05) is 26.2 Å². The SMILES string of the molecule is CNc1cc([C@H]2CCCN2Cc2cccc(C)n2)ccn1. The number of rotatable bonds is 4. The molecule has 0 bridgehead atoms. The molecule has 1 N–H and O–H groups in total. The van der Waals surface area contributed by atoms with E-state index in [1.165, 1.54) is 18.4 Å². The van der Waals surface area contributed by atoms with Crippen molar-refractivity contribution in [3.05, 3.63) is 53.5 Å². The van der Waals surface area contributed by atoms with Gasteiger partial charge in [0, 0.05) is 31.5 Å². The molecule has 0 saturated carbocycles. The molecule has 110 valence electrons. The average Bonchev–Trinajstić information content (AvgIpc) is 2.95. The minimum atomic E-state index is 0.474. The Morgan fingerprint density at radius 2 is 2.24 bits per heavy atom. The van der Waals surface area contributed by atoms with Gasteiger partial charge in [0.15, 0.2) is 0 Å². The first-order chi connectivity index (χ1) is 10.3. The number of aryl methyl sites for hydroxylation is 1. The first-order valence-electron chi connectivity index (χ1n) is 7.56. The Morgan fingerprint density at radius 3 is 3.05 bits per heavy atom. The number of likely N-dealkylation sites (tertiary alicyclic amines) is 1. The summed E-state index contributed by atoms with van der Waals surface area (Å²) in [7, 11) is 1.91. The molecule has 2 aromatic rings. The van der Waals surface area contributed by atoms with Gasteiger partial charge < -0.3 is 5.32 Å². The van der Waals surface area contributed by atoms with Gasteiger partial charge in [-0.25, -0.2) is 4.98 Å². The van der Waals surface area contributed by atoms with Crippen LogP contribution in [0.3, 0.4) is 0 Å².